The summed E-state index contributed by atoms with van der Waals surface area (Å²) < 4.78 is 0. The van der Waals surface area contributed by atoms with Gasteiger partial charge in [0.15, 0.2) is 5.96 Å². The van der Waals surface area contributed by atoms with E-state index in [0.717, 1.165) is 0 Å². The molecule has 14 nitrogen and oxygen atoms in total. The van der Waals surface area contributed by atoms with E-state index in [9.17, 15) is 24.3 Å². The fourth-order valence-electron chi connectivity index (χ4n) is 3.40. The van der Waals surface area contributed by atoms with Crippen LogP contribution >= 0.6 is 0 Å². The number of carbonyl (C=O) groups excluding carboxylic acids is 3. The lowest BCUT2D eigenvalue weighted by Crippen LogP contribution is -2.57. The van der Waals surface area contributed by atoms with E-state index >= 15 is 0 Å². The second-order valence-electron chi connectivity index (χ2n) is 9.31. The first-order valence-corrected chi connectivity index (χ1v) is 12.8. The van der Waals surface area contributed by atoms with Gasteiger partial charge in [-0.2, -0.15) is 0 Å². The number of aliphatic imine (C=N–C) groups is 1. The van der Waals surface area contributed by atoms with Crippen molar-refractivity contribution in [1.82, 2.24) is 16.0 Å². The first-order valence-electron chi connectivity index (χ1n) is 12.8. The van der Waals surface area contributed by atoms with Gasteiger partial charge in [-0.3, -0.25) is 19.4 Å². The SMILES string of the molecule is CC(C)C(N)C(=O)NC(CCCCN)C(=O)NC(CCCN=C(N)N)C(=O)NC(CCCCN)C(=O)O. The summed E-state index contributed by atoms with van der Waals surface area (Å²) in [5.74, 6) is -3.18. The van der Waals surface area contributed by atoms with Gasteiger partial charge in [-0.1, -0.05) is 13.8 Å². The highest BCUT2D eigenvalue weighted by Gasteiger charge is 2.30. The van der Waals surface area contributed by atoms with Gasteiger partial charge in [-0.05, 0) is 70.4 Å². The summed E-state index contributed by atoms with van der Waals surface area (Å²) >= 11 is 0. The summed E-state index contributed by atoms with van der Waals surface area (Å²) in [7, 11) is 0. The predicted octanol–water partition coefficient (Wildman–Crippen LogP) is -2.18. The molecule has 0 aliphatic carbocycles. The maximum absolute atomic E-state index is 13.2. The zero-order chi connectivity index (χ0) is 28.4. The summed E-state index contributed by atoms with van der Waals surface area (Å²) in [6.07, 6.45) is 3.29. The number of nitrogens with zero attached hydrogens (tertiary/aromatic N) is 1. The van der Waals surface area contributed by atoms with Crippen molar-refractivity contribution in [1.29, 1.82) is 0 Å². The van der Waals surface area contributed by atoms with Crippen molar-refractivity contribution in [2.45, 2.75) is 89.4 Å². The van der Waals surface area contributed by atoms with Crippen LogP contribution in [0.5, 0.6) is 0 Å². The standard InChI is InChI=1S/C23H47N9O5/c1-14(2)18(26)21(35)31-15(8-3-5-11-24)19(33)30-16(10-7-13-29-23(27)28)20(34)32-17(22(36)37)9-4-6-12-25/h14-18H,3-13,24-26H2,1-2H3,(H,30,33)(H,31,35)(H,32,34)(H,36,37)(H4,27,28,29). The van der Waals surface area contributed by atoms with E-state index < -0.39 is 47.9 Å². The van der Waals surface area contributed by atoms with Crippen LogP contribution in [-0.4, -0.2) is 78.6 Å². The summed E-state index contributed by atoms with van der Waals surface area (Å²) in [6.45, 7) is 4.61. The Morgan fingerprint density at radius 3 is 1.59 bits per heavy atom. The van der Waals surface area contributed by atoms with E-state index in [4.69, 9.17) is 28.7 Å². The summed E-state index contributed by atoms with van der Waals surface area (Å²) in [6, 6.07) is -3.98. The summed E-state index contributed by atoms with van der Waals surface area (Å²) in [5, 5.41) is 17.3. The Hall–Kier alpha value is -2.97. The summed E-state index contributed by atoms with van der Waals surface area (Å²) in [4.78, 5) is 54.3. The molecule has 0 saturated carbocycles. The van der Waals surface area contributed by atoms with Crippen LogP contribution in [0.4, 0.5) is 0 Å². The van der Waals surface area contributed by atoms with Crippen LogP contribution < -0.4 is 44.6 Å². The molecule has 0 aromatic rings. The van der Waals surface area contributed by atoms with Crippen LogP contribution in [-0.2, 0) is 19.2 Å². The molecule has 0 heterocycles. The quantitative estimate of drug-likeness (QED) is 0.0467. The number of rotatable bonds is 20. The maximum Gasteiger partial charge on any atom is 0.326 e. The van der Waals surface area contributed by atoms with E-state index in [-0.39, 0.29) is 31.3 Å². The van der Waals surface area contributed by atoms with Crippen LogP contribution in [0.15, 0.2) is 4.99 Å². The van der Waals surface area contributed by atoms with Gasteiger partial charge in [-0.15, -0.1) is 0 Å². The van der Waals surface area contributed by atoms with Gasteiger partial charge >= 0.3 is 5.97 Å². The zero-order valence-electron chi connectivity index (χ0n) is 22.1. The molecule has 37 heavy (non-hydrogen) atoms. The van der Waals surface area contributed by atoms with Crippen LogP contribution in [0.3, 0.4) is 0 Å². The Morgan fingerprint density at radius 2 is 1.16 bits per heavy atom. The molecule has 0 saturated heterocycles. The molecule has 0 aromatic heterocycles. The largest absolute Gasteiger partial charge is 0.480 e. The van der Waals surface area contributed by atoms with Crippen molar-refractivity contribution in [3.63, 3.8) is 0 Å². The molecule has 0 radical (unpaired) electrons. The van der Waals surface area contributed by atoms with Gasteiger partial charge in [-0.25, -0.2) is 4.79 Å². The third-order valence-electron chi connectivity index (χ3n) is 5.74. The number of hydrogen-bond acceptors (Lipinski definition) is 8. The molecule has 0 aromatic carbocycles. The molecule has 14 heteroatoms. The molecule has 0 rings (SSSR count). The number of amides is 3. The smallest absolute Gasteiger partial charge is 0.326 e. The van der Waals surface area contributed by atoms with Crippen molar-refractivity contribution in [2.75, 3.05) is 19.6 Å². The lowest BCUT2D eigenvalue weighted by atomic mass is 10.0. The average molecular weight is 530 g/mol. The van der Waals surface area contributed by atoms with E-state index in [1.807, 2.05) is 0 Å². The molecule has 4 atom stereocenters. The van der Waals surface area contributed by atoms with Crippen LogP contribution in [0.25, 0.3) is 0 Å². The number of carbonyl (C=O) groups is 4. The highest BCUT2D eigenvalue weighted by atomic mass is 16.4. The fraction of sp³-hybridized carbons (Fsp3) is 0.783. The van der Waals surface area contributed by atoms with Crippen molar-refractivity contribution >= 4 is 29.7 Å². The Labute approximate surface area is 218 Å². The average Bonchev–Trinajstić information content (AvgIpc) is 2.83. The van der Waals surface area contributed by atoms with Crippen molar-refractivity contribution < 1.29 is 24.3 Å². The molecule has 0 aliphatic heterocycles. The lowest BCUT2D eigenvalue weighted by molar-refractivity contribution is -0.142. The van der Waals surface area contributed by atoms with Crippen molar-refractivity contribution in [3.8, 4) is 0 Å². The van der Waals surface area contributed by atoms with Gasteiger partial charge in [0, 0.05) is 6.54 Å². The first-order chi connectivity index (χ1) is 17.4. The monoisotopic (exact) mass is 529 g/mol. The fourth-order valence-corrected chi connectivity index (χ4v) is 3.40. The van der Waals surface area contributed by atoms with E-state index in [1.54, 1.807) is 13.8 Å². The number of guanidine groups is 1. The number of nitrogens with one attached hydrogen (secondary N) is 3. The topological polar surface area (TPSA) is 267 Å². The second kappa shape index (κ2) is 19.2. The maximum atomic E-state index is 13.2. The Balaban J connectivity index is 5.61. The van der Waals surface area contributed by atoms with Crippen LogP contribution in [0.1, 0.15) is 65.2 Å². The third-order valence-corrected chi connectivity index (χ3v) is 5.74. The highest BCUT2D eigenvalue weighted by Crippen LogP contribution is 2.08. The van der Waals surface area contributed by atoms with Gasteiger partial charge in [0.25, 0.3) is 0 Å². The lowest BCUT2D eigenvalue weighted by Gasteiger charge is -2.26. The van der Waals surface area contributed by atoms with Crippen molar-refractivity contribution in [3.05, 3.63) is 0 Å². The molecule has 3 amide bonds. The minimum atomic E-state index is -1.19. The number of carboxylic acid groups (broad SMARTS) is 1. The molecule has 0 fully saturated rings. The van der Waals surface area contributed by atoms with Gasteiger partial charge < -0.3 is 49.7 Å². The third kappa shape index (κ3) is 15.0. The van der Waals surface area contributed by atoms with E-state index in [0.29, 0.717) is 51.6 Å². The van der Waals surface area contributed by atoms with Gasteiger partial charge in [0.05, 0.1) is 6.04 Å². The first kappa shape index (κ1) is 34.0. The van der Waals surface area contributed by atoms with Crippen molar-refractivity contribution in [2.24, 2.45) is 39.6 Å². The molecule has 214 valence electrons. The van der Waals surface area contributed by atoms with Crippen LogP contribution in [0, 0.1) is 5.92 Å². The molecular formula is C23H47N9O5. The normalized spacial score (nSPS) is 14.2. The number of carboxylic acids is 1. The van der Waals surface area contributed by atoms with E-state index in [1.165, 1.54) is 0 Å². The Kier molecular flexibility index (Phi) is 17.6. The zero-order valence-corrected chi connectivity index (χ0v) is 22.1. The molecule has 0 spiro atoms. The minimum absolute atomic E-state index is 0.111. The highest BCUT2D eigenvalue weighted by molar-refractivity contribution is 5.94. The van der Waals surface area contributed by atoms with Gasteiger partial charge in [0.2, 0.25) is 17.7 Å². The molecular weight excluding hydrogens is 482 g/mol. The number of unbranched alkanes of at least 4 members (excludes halogenated alkanes) is 2. The number of aliphatic carboxylic acids is 1. The molecule has 0 bridgehead atoms. The minimum Gasteiger partial charge on any atom is -0.480 e. The second-order valence-corrected chi connectivity index (χ2v) is 9.31. The molecule has 4 unspecified atom stereocenters. The molecule has 0 aliphatic rings. The number of hydrogen-bond donors (Lipinski definition) is 9. The Bertz CT molecular complexity index is 744. The Morgan fingerprint density at radius 1 is 0.730 bits per heavy atom. The summed E-state index contributed by atoms with van der Waals surface area (Å²) in [5.41, 5.74) is 27.6. The molecule has 14 N–H and O–H groups in total. The van der Waals surface area contributed by atoms with E-state index in [2.05, 4.69) is 20.9 Å². The predicted molar refractivity (Wildman–Crippen MR) is 142 cm³/mol. The number of nitrogens with two attached hydrogens (primary N) is 5. The van der Waals surface area contributed by atoms with Gasteiger partial charge in [0.1, 0.15) is 18.1 Å². The van der Waals surface area contributed by atoms with Crippen LogP contribution in [0.2, 0.25) is 0 Å².